The Hall–Kier alpha value is -0.280. The molecule has 1 aromatic rings. The molecule has 0 aliphatic carbocycles. The summed E-state index contributed by atoms with van der Waals surface area (Å²) in [6, 6.07) is 6.25. The molecule has 1 N–H and O–H groups in total. The molecule has 2 atom stereocenters. The molecule has 1 fully saturated rings. The van der Waals surface area contributed by atoms with Gasteiger partial charge in [-0.3, -0.25) is 4.90 Å². The number of aliphatic hydroxyl groups is 1. The van der Waals surface area contributed by atoms with Crippen molar-refractivity contribution in [1.82, 2.24) is 4.90 Å². The van der Waals surface area contributed by atoms with Crippen molar-refractivity contribution in [1.29, 1.82) is 0 Å². The topological polar surface area (TPSA) is 23.5 Å². The van der Waals surface area contributed by atoms with E-state index in [1.54, 1.807) is 0 Å². The maximum absolute atomic E-state index is 9.71. The van der Waals surface area contributed by atoms with Crippen LogP contribution in [0, 0.1) is 0 Å². The molecule has 0 aromatic heterocycles. The lowest BCUT2D eigenvalue weighted by Crippen LogP contribution is -2.36. The number of hydrogen-bond acceptors (Lipinski definition) is 2. The van der Waals surface area contributed by atoms with E-state index >= 15 is 0 Å². The number of nitrogens with zero attached hydrogens (tertiary/aromatic N) is 1. The molecule has 0 amide bonds. The predicted molar refractivity (Wildman–Crippen MR) is 85.4 cm³/mol. The van der Waals surface area contributed by atoms with Crippen LogP contribution in [-0.2, 0) is 6.54 Å². The summed E-state index contributed by atoms with van der Waals surface area (Å²) in [5.74, 6) is 0. The number of rotatable bonds is 4. The van der Waals surface area contributed by atoms with Crippen LogP contribution in [0.2, 0.25) is 10.0 Å². The van der Waals surface area contributed by atoms with Gasteiger partial charge in [0.2, 0.25) is 0 Å². The predicted octanol–water partition coefficient (Wildman–Crippen LogP) is 4.51. The zero-order valence-corrected chi connectivity index (χ0v) is 13.5. The van der Waals surface area contributed by atoms with Gasteiger partial charge in [0.1, 0.15) is 0 Å². The minimum Gasteiger partial charge on any atom is -0.393 e. The van der Waals surface area contributed by atoms with Gasteiger partial charge in [0, 0.05) is 12.6 Å². The van der Waals surface area contributed by atoms with E-state index in [1.165, 1.54) is 19.3 Å². The summed E-state index contributed by atoms with van der Waals surface area (Å²) in [7, 11) is 0. The van der Waals surface area contributed by atoms with Gasteiger partial charge in [0.25, 0.3) is 0 Å². The third-order valence-corrected chi connectivity index (χ3v) is 4.88. The molecule has 112 valence electrons. The molecular formula is C16H23Cl2NO. The molecule has 0 spiro atoms. The molecule has 0 radical (unpaired) electrons. The van der Waals surface area contributed by atoms with E-state index in [9.17, 15) is 5.11 Å². The molecule has 0 bridgehead atoms. The van der Waals surface area contributed by atoms with E-state index in [1.807, 2.05) is 25.1 Å². The van der Waals surface area contributed by atoms with Crippen LogP contribution in [0.4, 0.5) is 0 Å². The number of halogens is 2. The van der Waals surface area contributed by atoms with E-state index in [4.69, 9.17) is 23.2 Å². The highest BCUT2D eigenvalue weighted by atomic mass is 35.5. The summed E-state index contributed by atoms with van der Waals surface area (Å²) in [5.41, 5.74) is 1.08. The molecular weight excluding hydrogens is 293 g/mol. The number of hydrogen-bond donors (Lipinski definition) is 1. The standard InChI is InChI=1S/C16H23Cl2NO/c1-12(20)10-14-7-3-2-4-9-19(14)11-13-6-5-8-15(17)16(13)18/h5-6,8,12,14,20H,2-4,7,9-11H2,1H3. The highest BCUT2D eigenvalue weighted by molar-refractivity contribution is 6.42. The fourth-order valence-electron chi connectivity index (χ4n) is 2.99. The van der Waals surface area contributed by atoms with Crippen molar-refractivity contribution in [2.24, 2.45) is 0 Å². The van der Waals surface area contributed by atoms with Crippen molar-refractivity contribution in [2.45, 2.75) is 57.7 Å². The average Bonchev–Trinajstić information content (AvgIpc) is 2.60. The zero-order chi connectivity index (χ0) is 14.5. The highest BCUT2D eigenvalue weighted by Crippen LogP contribution is 2.29. The Bertz CT molecular complexity index is 436. The van der Waals surface area contributed by atoms with Gasteiger partial charge in [-0.15, -0.1) is 0 Å². The Labute approximate surface area is 131 Å². The van der Waals surface area contributed by atoms with Crippen LogP contribution < -0.4 is 0 Å². The van der Waals surface area contributed by atoms with Gasteiger partial charge < -0.3 is 5.11 Å². The van der Waals surface area contributed by atoms with Crippen LogP contribution in [0.3, 0.4) is 0 Å². The minimum absolute atomic E-state index is 0.254. The van der Waals surface area contributed by atoms with Gasteiger partial charge in [-0.2, -0.15) is 0 Å². The number of likely N-dealkylation sites (tertiary alicyclic amines) is 1. The Kier molecular flexibility index (Phi) is 6.16. The van der Waals surface area contributed by atoms with E-state index in [2.05, 4.69) is 4.90 Å². The maximum Gasteiger partial charge on any atom is 0.0637 e. The SMILES string of the molecule is CC(O)CC1CCCCCN1Cc1cccc(Cl)c1Cl. The first-order valence-electron chi connectivity index (χ1n) is 7.43. The van der Waals surface area contributed by atoms with E-state index in [-0.39, 0.29) is 6.10 Å². The summed E-state index contributed by atoms with van der Waals surface area (Å²) in [6.45, 7) is 3.76. The van der Waals surface area contributed by atoms with Crippen LogP contribution >= 0.6 is 23.2 Å². The third kappa shape index (κ3) is 4.36. The molecule has 1 aliphatic rings. The van der Waals surface area contributed by atoms with Crippen molar-refractivity contribution in [2.75, 3.05) is 6.54 Å². The Morgan fingerprint density at radius 2 is 2.10 bits per heavy atom. The van der Waals surface area contributed by atoms with Crippen LogP contribution in [0.1, 0.15) is 44.6 Å². The van der Waals surface area contributed by atoms with Crippen LogP contribution in [0.15, 0.2) is 18.2 Å². The van der Waals surface area contributed by atoms with Crippen molar-refractivity contribution in [3.63, 3.8) is 0 Å². The lowest BCUT2D eigenvalue weighted by Gasteiger charge is -2.31. The second-order valence-electron chi connectivity index (χ2n) is 5.77. The van der Waals surface area contributed by atoms with Crippen LogP contribution in [0.5, 0.6) is 0 Å². The summed E-state index contributed by atoms with van der Waals surface area (Å²) in [4.78, 5) is 2.46. The van der Waals surface area contributed by atoms with Crippen LogP contribution in [0.25, 0.3) is 0 Å². The number of benzene rings is 1. The second-order valence-corrected chi connectivity index (χ2v) is 6.56. The van der Waals surface area contributed by atoms with Gasteiger partial charge in [0.15, 0.2) is 0 Å². The lowest BCUT2D eigenvalue weighted by atomic mass is 10.0. The molecule has 1 saturated heterocycles. The van der Waals surface area contributed by atoms with Crippen molar-refractivity contribution in [3.8, 4) is 0 Å². The minimum atomic E-state index is -0.254. The summed E-state index contributed by atoms with van der Waals surface area (Å²) in [5, 5.41) is 11.0. The summed E-state index contributed by atoms with van der Waals surface area (Å²) < 4.78 is 0. The first-order valence-corrected chi connectivity index (χ1v) is 8.18. The second kappa shape index (κ2) is 7.65. The third-order valence-electron chi connectivity index (χ3n) is 4.02. The Morgan fingerprint density at radius 1 is 1.30 bits per heavy atom. The van der Waals surface area contributed by atoms with Crippen molar-refractivity contribution >= 4 is 23.2 Å². The normalized spacial score (nSPS) is 22.5. The summed E-state index contributed by atoms with van der Waals surface area (Å²) in [6.07, 6.45) is 5.47. The zero-order valence-electron chi connectivity index (χ0n) is 12.0. The first-order chi connectivity index (χ1) is 9.58. The molecule has 4 heteroatoms. The number of aliphatic hydroxyl groups excluding tert-OH is 1. The maximum atomic E-state index is 9.71. The molecule has 2 unspecified atom stereocenters. The Balaban J connectivity index is 2.12. The van der Waals surface area contributed by atoms with Gasteiger partial charge >= 0.3 is 0 Å². The molecule has 1 aliphatic heterocycles. The molecule has 2 nitrogen and oxygen atoms in total. The monoisotopic (exact) mass is 315 g/mol. The molecule has 1 heterocycles. The van der Waals surface area contributed by atoms with E-state index < -0.39 is 0 Å². The fourth-order valence-corrected chi connectivity index (χ4v) is 3.37. The molecule has 0 saturated carbocycles. The van der Waals surface area contributed by atoms with Gasteiger partial charge in [0.05, 0.1) is 16.1 Å². The molecule has 20 heavy (non-hydrogen) atoms. The average molecular weight is 316 g/mol. The lowest BCUT2D eigenvalue weighted by molar-refractivity contribution is 0.108. The summed E-state index contributed by atoms with van der Waals surface area (Å²) >= 11 is 12.4. The van der Waals surface area contributed by atoms with E-state index in [0.29, 0.717) is 16.1 Å². The molecule has 1 aromatic carbocycles. The molecule has 2 rings (SSSR count). The van der Waals surface area contributed by atoms with Gasteiger partial charge in [-0.1, -0.05) is 48.2 Å². The first kappa shape index (κ1) is 16.1. The van der Waals surface area contributed by atoms with Crippen molar-refractivity contribution < 1.29 is 5.11 Å². The van der Waals surface area contributed by atoms with Gasteiger partial charge in [-0.05, 0) is 44.4 Å². The fraction of sp³-hybridized carbons (Fsp3) is 0.625. The van der Waals surface area contributed by atoms with Crippen LogP contribution in [-0.4, -0.2) is 28.7 Å². The smallest absolute Gasteiger partial charge is 0.0637 e. The van der Waals surface area contributed by atoms with Gasteiger partial charge in [-0.25, -0.2) is 0 Å². The Morgan fingerprint density at radius 3 is 2.85 bits per heavy atom. The highest BCUT2D eigenvalue weighted by Gasteiger charge is 2.23. The largest absolute Gasteiger partial charge is 0.393 e. The van der Waals surface area contributed by atoms with E-state index in [0.717, 1.165) is 31.5 Å². The quantitative estimate of drug-likeness (QED) is 0.883. The van der Waals surface area contributed by atoms with Crippen molar-refractivity contribution in [3.05, 3.63) is 33.8 Å².